The summed E-state index contributed by atoms with van der Waals surface area (Å²) in [5, 5.41) is 0. The molecule has 3 aliphatic rings. The number of hydrogen-bond donors (Lipinski definition) is 0. The zero-order valence-electron chi connectivity index (χ0n) is 35.0. The van der Waals surface area contributed by atoms with Crippen molar-refractivity contribution in [3.63, 3.8) is 0 Å². The van der Waals surface area contributed by atoms with Crippen LogP contribution in [0.15, 0.2) is 11.3 Å². The molecule has 0 saturated carbocycles. The molecule has 0 aromatic carbocycles. The van der Waals surface area contributed by atoms with Crippen LogP contribution in [0.2, 0.25) is 96.7 Å². The average Bonchev–Trinajstić information content (AvgIpc) is 2.90. The van der Waals surface area contributed by atoms with Gasteiger partial charge < -0.3 is 26.9 Å². The van der Waals surface area contributed by atoms with Gasteiger partial charge in [0, 0.05) is 12.2 Å². The molecule has 7 nitrogen and oxygen atoms in total. The van der Waals surface area contributed by atoms with Crippen molar-refractivity contribution < 1.29 is 31.7 Å². The van der Waals surface area contributed by atoms with E-state index in [0.29, 0.717) is 12.2 Å². The molecule has 286 valence electrons. The monoisotopic (exact) mass is 820 g/mol. The van der Waals surface area contributed by atoms with Crippen molar-refractivity contribution in [3.05, 3.63) is 11.3 Å². The fraction of sp³-hybridized carbons (Fsp3) is 0.912. The number of esters is 1. The second kappa shape index (κ2) is 15.1. The van der Waals surface area contributed by atoms with E-state index in [0.717, 1.165) is 38.1 Å². The summed E-state index contributed by atoms with van der Waals surface area (Å²) in [4.78, 5) is 14.6. The van der Waals surface area contributed by atoms with Gasteiger partial charge in [-0.05, 0) is 132 Å². The van der Waals surface area contributed by atoms with Gasteiger partial charge in [-0.15, -0.1) is 0 Å². The molecule has 3 rings (SSSR count). The standard InChI is InChI=1S/C34H76O7Si8/c1-19-30(37-31(35)29(2)28-49(25-21-20-24-36-49)32(38-43(7,8)9)39-44(10,11)12)42(47(17)26-22-33(3,4)40-45(47,13)14)48(18)27-23-34(5,6)41-46(48,15)16/h28,30,32,42H,19-27H2,1-18H3. The minimum atomic E-state index is -2.75. The Morgan fingerprint density at radius 3 is 1.59 bits per heavy atom. The summed E-state index contributed by atoms with van der Waals surface area (Å²) in [6.07, 6.45) is 5.20. The highest BCUT2D eigenvalue weighted by Gasteiger charge is 2.69. The Morgan fingerprint density at radius 2 is 1.24 bits per heavy atom. The van der Waals surface area contributed by atoms with Crippen molar-refractivity contribution in [2.75, 3.05) is 6.61 Å². The number of hydrogen-bond acceptors (Lipinski definition) is 7. The van der Waals surface area contributed by atoms with Gasteiger partial charge in [-0.3, -0.25) is 0 Å². The summed E-state index contributed by atoms with van der Waals surface area (Å²) in [5.74, 6) is -0.562. The lowest BCUT2D eigenvalue weighted by molar-refractivity contribution is -0.140. The Hall–Kier alpha value is 0.745. The third-order valence-corrected chi connectivity index (χ3v) is 98.2. The van der Waals surface area contributed by atoms with Crippen molar-refractivity contribution >= 4 is 68.6 Å². The van der Waals surface area contributed by atoms with Crippen molar-refractivity contribution in [2.24, 2.45) is 0 Å². The fourth-order valence-electron chi connectivity index (χ4n) is 9.14. The van der Waals surface area contributed by atoms with Crippen molar-refractivity contribution in [2.45, 2.75) is 193 Å². The molecule has 4 atom stereocenters. The SMILES string of the molecule is CCC(OC(=O)C(C)=C[Si]1(C(O[Si](C)(C)C)O[Si](C)(C)C)CCCCO1)[SiH]([Si]1(C)CCC(C)(C)O[Si]1(C)C)[Si]1(C)CCC(C)(C)O[Si]1(C)C. The maximum atomic E-state index is 14.6. The van der Waals surface area contributed by atoms with E-state index >= 15 is 0 Å². The Balaban J connectivity index is 2.11. The molecular formula is C34H76O7Si8. The van der Waals surface area contributed by atoms with E-state index in [9.17, 15) is 4.79 Å². The molecule has 0 aliphatic carbocycles. The predicted octanol–water partition coefficient (Wildman–Crippen LogP) is 9.16. The van der Waals surface area contributed by atoms with E-state index in [-0.39, 0.29) is 22.9 Å². The zero-order valence-corrected chi connectivity index (χ0v) is 43.2. The molecule has 3 heterocycles. The van der Waals surface area contributed by atoms with Gasteiger partial charge in [-0.25, -0.2) is 4.79 Å². The molecule has 0 N–H and O–H groups in total. The first kappa shape index (κ1) is 44.1. The highest BCUT2D eigenvalue weighted by Crippen LogP contribution is 2.49. The van der Waals surface area contributed by atoms with Gasteiger partial charge >= 0.3 is 5.97 Å². The van der Waals surface area contributed by atoms with Crippen molar-refractivity contribution in [1.29, 1.82) is 0 Å². The molecule has 0 spiro atoms. The minimum absolute atomic E-state index is 0.00508. The number of carbonyl (C=O) groups excluding carboxylic acids is 1. The average molecular weight is 822 g/mol. The van der Waals surface area contributed by atoms with Crippen LogP contribution in [0.5, 0.6) is 0 Å². The van der Waals surface area contributed by atoms with Crippen LogP contribution in [0.1, 0.15) is 73.6 Å². The summed E-state index contributed by atoms with van der Waals surface area (Å²) in [6, 6.07) is 3.49. The molecule has 0 aromatic rings. The van der Waals surface area contributed by atoms with E-state index in [2.05, 4.69) is 119 Å². The van der Waals surface area contributed by atoms with Crippen LogP contribution in [0.25, 0.3) is 0 Å². The predicted molar refractivity (Wildman–Crippen MR) is 227 cm³/mol. The van der Waals surface area contributed by atoms with Crippen LogP contribution in [-0.4, -0.2) is 98.1 Å². The maximum Gasteiger partial charge on any atom is 0.332 e. The lowest BCUT2D eigenvalue weighted by Crippen LogP contribution is -2.87. The number of carbonyl (C=O) groups is 1. The first-order chi connectivity index (χ1) is 21.9. The van der Waals surface area contributed by atoms with Crippen LogP contribution in [-0.2, 0) is 31.7 Å². The molecular weight excluding hydrogens is 745 g/mol. The van der Waals surface area contributed by atoms with E-state index in [4.69, 9.17) is 26.9 Å². The number of ether oxygens (including phenoxy) is 1. The summed E-state index contributed by atoms with van der Waals surface area (Å²) < 4.78 is 41.9. The molecule has 0 radical (unpaired) electrons. The molecule has 3 aliphatic heterocycles. The van der Waals surface area contributed by atoms with Crippen LogP contribution in [0.3, 0.4) is 0 Å². The van der Waals surface area contributed by atoms with Gasteiger partial charge in [-0.2, -0.15) is 0 Å². The van der Waals surface area contributed by atoms with E-state index in [1.54, 1.807) is 0 Å². The van der Waals surface area contributed by atoms with Gasteiger partial charge in [0.2, 0.25) is 0 Å². The number of rotatable bonds is 12. The summed E-state index contributed by atoms with van der Waals surface area (Å²) in [6.45, 7) is 42.9. The van der Waals surface area contributed by atoms with E-state index < -0.39 is 68.6 Å². The summed E-state index contributed by atoms with van der Waals surface area (Å²) >= 11 is 0. The molecule has 0 amide bonds. The van der Waals surface area contributed by atoms with E-state index in [1.165, 1.54) is 12.1 Å². The van der Waals surface area contributed by atoms with Gasteiger partial charge in [0.1, 0.15) is 0 Å². The Labute approximate surface area is 309 Å². The van der Waals surface area contributed by atoms with Crippen LogP contribution in [0, 0.1) is 0 Å². The third-order valence-electron chi connectivity index (χ3n) is 12.1. The quantitative estimate of drug-likeness (QED) is 0.0842. The van der Waals surface area contributed by atoms with Gasteiger partial charge in [0.05, 0.1) is 39.0 Å². The largest absolute Gasteiger partial charge is 0.464 e. The lowest BCUT2D eigenvalue weighted by Gasteiger charge is -2.62. The van der Waals surface area contributed by atoms with Crippen molar-refractivity contribution in [1.82, 2.24) is 0 Å². The third kappa shape index (κ3) is 10.3. The molecule has 3 saturated heterocycles. The van der Waals surface area contributed by atoms with Crippen molar-refractivity contribution in [3.8, 4) is 0 Å². The molecule has 15 heteroatoms. The first-order valence-corrected chi connectivity index (χ1v) is 45.8. The molecule has 4 unspecified atom stereocenters. The molecule has 0 bridgehead atoms. The van der Waals surface area contributed by atoms with E-state index in [1.807, 2.05) is 6.92 Å². The second-order valence-electron chi connectivity index (χ2n) is 20.3. The minimum Gasteiger partial charge on any atom is -0.464 e. The van der Waals surface area contributed by atoms with Crippen LogP contribution in [0.4, 0.5) is 0 Å². The topological polar surface area (TPSA) is 72.5 Å². The molecule has 49 heavy (non-hydrogen) atoms. The Bertz CT molecular complexity index is 1150. The molecule has 3 fully saturated rings. The summed E-state index contributed by atoms with van der Waals surface area (Å²) in [7, 11) is -16.5. The highest BCUT2D eigenvalue weighted by atomic mass is 29.9. The second-order valence-corrected chi connectivity index (χ2v) is 78.1. The summed E-state index contributed by atoms with van der Waals surface area (Å²) in [5.41, 5.74) is 2.69. The molecule has 0 aromatic heterocycles. The van der Waals surface area contributed by atoms with Gasteiger partial charge in [0.15, 0.2) is 38.2 Å². The Kier molecular flexibility index (Phi) is 13.6. The Morgan fingerprint density at radius 1 is 0.796 bits per heavy atom. The first-order valence-electron chi connectivity index (χ1n) is 19.2. The van der Waals surface area contributed by atoms with Gasteiger partial charge in [-0.1, -0.05) is 44.2 Å². The van der Waals surface area contributed by atoms with Gasteiger partial charge in [0.25, 0.3) is 8.32 Å². The highest BCUT2D eigenvalue weighted by molar-refractivity contribution is 7.86. The smallest absolute Gasteiger partial charge is 0.332 e. The maximum absolute atomic E-state index is 14.6. The fourth-order valence-corrected chi connectivity index (χ4v) is 129. The van der Waals surface area contributed by atoms with Crippen LogP contribution >= 0.6 is 0 Å². The zero-order chi connectivity index (χ0) is 37.7. The van der Waals surface area contributed by atoms with Crippen LogP contribution < -0.4 is 0 Å². The normalized spacial score (nSPS) is 33.2. The lowest BCUT2D eigenvalue weighted by atomic mass is 10.1.